The summed E-state index contributed by atoms with van der Waals surface area (Å²) in [6.07, 6.45) is 1.50. The van der Waals surface area contributed by atoms with Gasteiger partial charge in [0.25, 0.3) is 0 Å². The molecule has 2 rings (SSSR count). The Morgan fingerprint density at radius 1 is 1.53 bits per heavy atom. The average molecular weight is 223 g/mol. The topological polar surface area (TPSA) is 64.9 Å². The molecule has 0 aliphatic rings. The Kier molecular flexibility index (Phi) is 3.13. The quantitative estimate of drug-likeness (QED) is 0.862. The molecule has 15 heavy (non-hydrogen) atoms. The SMILES string of the molecule is CCC(N)c1nnc(Cc2cccs2)o1. The van der Waals surface area contributed by atoms with Gasteiger partial charge in [0, 0.05) is 4.88 Å². The molecular weight excluding hydrogens is 210 g/mol. The predicted octanol–water partition coefficient (Wildman–Crippen LogP) is 2.13. The summed E-state index contributed by atoms with van der Waals surface area (Å²) in [6.45, 7) is 1.99. The molecule has 5 heteroatoms. The van der Waals surface area contributed by atoms with Gasteiger partial charge in [-0.3, -0.25) is 0 Å². The highest BCUT2D eigenvalue weighted by Gasteiger charge is 2.12. The van der Waals surface area contributed by atoms with Gasteiger partial charge in [0.1, 0.15) is 0 Å². The van der Waals surface area contributed by atoms with E-state index in [2.05, 4.69) is 10.2 Å². The maximum Gasteiger partial charge on any atom is 0.233 e. The van der Waals surface area contributed by atoms with Gasteiger partial charge in [-0.15, -0.1) is 21.5 Å². The van der Waals surface area contributed by atoms with Crippen molar-refractivity contribution in [3.05, 3.63) is 34.2 Å². The predicted molar refractivity (Wildman–Crippen MR) is 58.6 cm³/mol. The minimum atomic E-state index is -0.144. The maximum absolute atomic E-state index is 5.79. The fraction of sp³-hybridized carbons (Fsp3) is 0.400. The van der Waals surface area contributed by atoms with Crippen molar-refractivity contribution in [3.63, 3.8) is 0 Å². The zero-order valence-electron chi connectivity index (χ0n) is 8.51. The second-order valence-electron chi connectivity index (χ2n) is 3.30. The van der Waals surface area contributed by atoms with E-state index in [0.29, 0.717) is 18.2 Å². The Hall–Kier alpha value is -1.20. The molecule has 0 saturated carbocycles. The maximum atomic E-state index is 5.79. The number of hydrogen-bond donors (Lipinski definition) is 1. The van der Waals surface area contributed by atoms with E-state index in [4.69, 9.17) is 10.2 Å². The summed E-state index contributed by atoms with van der Waals surface area (Å²) in [6, 6.07) is 3.91. The van der Waals surface area contributed by atoms with Crippen LogP contribution in [0, 0.1) is 0 Å². The highest BCUT2D eigenvalue weighted by Crippen LogP contribution is 2.16. The fourth-order valence-corrected chi connectivity index (χ4v) is 1.92. The number of aromatic nitrogens is 2. The lowest BCUT2D eigenvalue weighted by Crippen LogP contribution is -2.08. The van der Waals surface area contributed by atoms with Crippen molar-refractivity contribution in [2.45, 2.75) is 25.8 Å². The van der Waals surface area contributed by atoms with Gasteiger partial charge in [0.2, 0.25) is 11.8 Å². The summed E-state index contributed by atoms with van der Waals surface area (Å²) >= 11 is 1.68. The Labute approximate surface area is 92.1 Å². The molecule has 0 amide bonds. The third-order valence-electron chi connectivity index (χ3n) is 2.15. The summed E-state index contributed by atoms with van der Waals surface area (Å²) in [4.78, 5) is 1.22. The highest BCUT2D eigenvalue weighted by atomic mass is 32.1. The number of nitrogens with zero attached hydrogens (tertiary/aromatic N) is 2. The molecule has 2 heterocycles. The van der Waals surface area contributed by atoms with E-state index in [1.807, 2.05) is 24.4 Å². The monoisotopic (exact) mass is 223 g/mol. The molecule has 2 aromatic rings. The van der Waals surface area contributed by atoms with Crippen molar-refractivity contribution >= 4 is 11.3 Å². The van der Waals surface area contributed by atoms with Crippen LogP contribution < -0.4 is 5.73 Å². The molecule has 0 fully saturated rings. The lowest BCUT2D eigenvalue weighted by Gasteiger charge is -1.99. The van der Waals surface area contributed by atoms with Crippen LogP contribution in [0.1, 0.15) is 36.0 Å². The lowest BCUT2D eigenvalue weighted by molar-refractivity contribution is 0.419. The van der Waals surface area contributed by atoms with Gasteiger partial charge >= 0.3 is 0 Å². The van der Waals surface area contributed by atoms with E-state index >= 15 is 0 Å². The minimum Gasteiger partial charge on any atom is -0.423 e. The van der Waals surface area contributed by atoms with Gasteiger partial charge in [-0.25, -0.2) is 0 Å². The molecule has 1 atom stereocenters. The van der Waals surface area contributed by atoms with Crippen molar-refractivity contribution in [1.29, 1.82) is 0 Å². The average Bonchev–Trinajstić information content (AvgIpc) is 2.88. The molecule has 2 aromatic heterocycles. The largest absolute Gasteiger partial charge is 0.423 e. The Balaban J connectivity index is 2.07. The molecule has 2 N–H and O–H groups in total. The molecule has 0 radical (unpaired) electrons. The van der Waals surface area contributed by atoms with Gasteiger partial charge in [-0.1, -0.05) is 13.0 Å². The first-order valence-corrected chi connectivity index (χ1v) is 5.77. The molecule has 0 aliphatic carbocycles. The molecule has 0 spiro atoms. The van der Waals surface area contributed by atoms with E-state index < -0.39 is 0 Å². The second kappa shape index (κ2) is 4.55. The van der Waals surface area contributed by atoms with E-state index in [1.54, 1.807) is 11.3 Å². The Bertz CT molecular complexity index is 410. The van der Waals surface area contributed by atoms with Crippen molar-refractivity contribution in [2.75, 3.05) is 0 Å². The summed E-state index contributed by atoms with van der Waals surface area (Å²) in [7, 11) is 0. The van der Waals surface area contributed by atoms with Crippen molar-refractivity contribution in [2.24, 2.45) is 5.73 Å². The van der Waals surface area contributed by atoms with Gasteiger partial charge < -0.3 is 10.2 Å². The summed E-state index contributed by atoms with van der Waals surface area (Å²) in [5.74, 6) is 1.17. The van der Waals surface area contributed by atoms with Gasteiger partial charge in [-0.05, 0) is 17.9 Å². The minimum absolute atomic E-state index is 0.144. The zero-order chi connectivity index (χ0) is 10.7. The molecule has 80 valence electrons. The van der Waals surface area contributed by atoms with Crippen LogP contribution >= 0.6 is 11.3 Å². The Morgan fingerprint density at radius 3 is 3.07 bits per heavy atom. The van der Waals surface area contributed by atoms with Crippen LogP contribution in [0.4, 0.5) is 0 Å². The van der Waals surface area contributed by atoms with Crippen LogP contribution in [0.15, 0.2) is 21.9 Å². The summed E-state index contributed by atoms with van der Waals surface area (Å²) < 4.78 is 5.47. The second-order valence-corrected chi connectivity index (χ2v) is 4.34. The smallest absolute Gasteiger partial charge is 0.233 e. The number of thiophene rings is 1. The standard InChI is InChI=1S/C10H13N3OS/c1-2-8(11)10-13-12-9(14-10)6-7-4-3-5-15-7/h3-5,8H,2,6,11H2,1H3. The van der Waals surface area contributed by atoms with E-state index in [1.165, 1.54) is 4.88 Å². The summed E-state index contributed by atoms with van der Waals surface area (Å²) in [5.41, 5.74) is 5.79. The van der Waals surface area contributed by atoms with Crippen LogP contribution in [-0.2, 0) is 6.42 Å². The molecule has 1 unspecified atom stereocenters. The molecule has 0 aromatic carbocycles. The van der Waals surface area contributed by atoms with E-state index in [-0.39, 0.29) is 6.04 Å². The van der Waals surface area contributed by atoms with Crippen LogP contribution in [0.2, 0.25) is 0 Å². The third-order valence-corrected chi connectivity index (χ3v) is 3.02. The van der Waals surface area contributed by atoms with E-state index in [9.17, 15) is 0 Å². The first-order valence-electron chi connectivity index (χ1n) is 4.90. The summed E-state index contributed by atoms with van der Waals surface area (Å²) in [5, 5.41) is 9.93. The van der Waals surface area contributed by atoms with Crippen LogP contribution in [0.5, 0.6) is 0 Å². The van der Waals surface area contributed by atoms with Crippen molar-refractivity contribution in [3.8, 4) is 0 Å². The fourth-order valence-electron chi connectivity index (χ4n) is 1.22. The van der Waals surface area contributed by atoms with Gasteiger partial charge in [0.15, 0.2) is 0 Å². The van der Waals surface area contributed by atoms with Crippen molar-refractivity contribution < 1.29 is 4.42 Å². The van der Waals surface area contributed by atoms with Crippen LogP contribution in [-0.4, -0.2) is 10.2 Å². The molecule has 0 bridgehead atoms. The lowest BCUT2D eigenvalue weighted by atomic mass is 10.2. The van der Waals surface area contributed by atoms with Crippen molar-refractivity contribution in [1.82, 2.24) is 10.2 Å². The number of nitrogens with two attached hydrogens (primary N) is 1. The Morgan fingerprint density at radius 2 is 2.40 bits per heavy atom. The number of hydrogen-bond acceptors (Lipinski definition) is 5. The molecular formula is C10H13N3OS. The molecule has 0 aliphatic heterocycles. The zero-order valence-corrected chi connectivity index (χ0v) is 9.33. The molecule has 0 saturated heterocycles. The van der Waals surface area contributed by atoms with Gasteiger partial charge in [0.05, 0.1) is 12.5 Å². The normalized spacial score (nSPS) is 12.9. The van der Waals surface area contributed by atoms with Crippen LogP contribution in [0.25, 0.3) is 0 Å². The van der Waals surface area contributed by atoms with E-state index in [0.717, 1.165) is 6.42 Å². The van der Waals surface area contributed by atoms with Crippen LogP contribution in [0.3, 0.4) is 0 Å². The first-order chi connectivity index (χ1) is 7.29. The van der Waals surface area contributed by atoms with Gasteiger partial charge in [-0.2, -0.15) is 0 Å². The third kappa shape index (κ3) is 2.43. The highest BCUT2D eigenvalue weighted by molar-refractivity contribution is 7.09. The number of rotatable bonds is 4. The first kappa shape index (κ1) is 10.3. The molecule has 4 nitrogen and oxygen atoms in total.